The van der Waals surface area contributed by atoms with E-state index in [1.54, 1.807) is 6.33 Å². The van der Waals surface area contributed by atoms with Gasteiger partial charge in [0.05, 0.1) is 0 Å². The molecule has 0 aromatic carbocycles. The summed E-state index contributed by atoms with van der Waals surface area (Å²) in [7, 11) is 0. The molecule has 4 nitrogen and oxygen atoms in total. The van der Waals surface area contributed by atoms with Gasteiger partial charge in [-0.05, 0) is 13.5 Å². The minimum absolute atomic E-state index is 0.953. The van der Waals surface area contributed by atoms with Crippen LogP contribution in [-0.2, 0) is 13.0 Å². The summed E-state index contributed by atoms with van der Waals surface area (Å²) in [6, 6.07) is 0. The molecule has 0 aliphatic carbocycles. The molecule has 0 fully saturated rings. The molecule has 0 radical (unpaired) electrons. The van der Waals surface area contributed by atoms with Crippen LogP contribution in [0.4, 0.5) is 0 Å². The van der Waals surface area contributed by atoms with Gasteiger partial charge < -0.3 is 9.88 Å². The first-order valence-corrected chi connectivity index (χ1v) is 4.45. The van der Waals surface area contributed by atoms with Crippen molar-refractivity contribution in [1.29, 1.82) is 0 Å². The van der Waals surface area contributed by atoms with Crippen LogP contribution in [0.15, 0.2) is 6.33 Å². The highest BCUT2D eigenvalue weighted by Crippen LogP contribution is 1.94. The quantitative estimate of drug-likeness (QED) is 0.649. The zero-order chi connectivity index (χ0) is 8.81. The molecule has 1 rings (SSSR count). The Balaban J connectivity index is 2.39. The van der Waals surface area contributed by atoms with Crippen LogP contribution in [0.25, 0.3) is 0 Å². The predicted molar refractivity (Wildman–Crippen MR) is 47.9 cm³/mol. The Bertz CT molecular complexity index is 219. The fourth-order valence-electron chi connectivity index (χ4n) is 1.11. The van der Waals surface area contributed by atoms with Gasteiger partial charge in [0, 0.05) is 19.5 Å². The van der Waals surface area contributed by atoms with Crippen LogP contribution in [0.1, 0.15) is 19.7 Å². The van der Waals surface area contributed by atoms with Crippen LogP contribution in [0.5, 0.6) is 0 Å². The van der Waals surface area contributed by atoms with Crippen molar-refractivity contribution < 1.29 is 0 Å². The van der Waals surface area contributed by atoms with Crippen molar-refractivity contribution in [2.45, 2.75) is 26.8 Å². The van der Waals surface area contributed by atoms with Crippen LogP contribution in [-0.4, -0.2) is 27.9 Å². The van der Waals surface area contributed by atoms with Crippen molar-refractivity contribution in [3.8, 4) is 0 Å². The number of likely N-dealkylation sites (N-methyl/N-ethyl adjacent to an activating group) is 1. The zero-order valence-electron chi connectivity index (χ0n) is 7.75. The highest BCUT2D eigenvalue weighted by atomic mass is 15.3. The zero-order valence-corrected chi connectivity index (χ0v) is 7.75. The molecule has 0 aliphatic heterocycles. The van der Waals surface area contributed by atoms with Crippen LogP contribution < -0.4 is 5.32 Å². The normalized spacial score (nSPS) is 10.5. The average Bonchev–Trinajstić information content (AvgIpc) is 2.52. The summed E-state index contributed by atoms with van der Waals surface area (Å²) in [6.07, 6.45) is 2.74. The molecular weight excluding hydrogens is 152 g/mol. The molecule has 0 saturated carbocycles. The third kappa shape index (κ3) is 2.30. The van der Waals surface area contributed by atoms with Crippen molar-refractivity contribution in [3.63, 3.8) is 0 Å². The molecule has 0 aliphatic rings. The monoisotopic (exact) mass is 168 g/mol. The smallest absolute Gasteiger partial charge is 0.134 e. The Kier molecular flexibility index (Phi) is 3.73. The maximum absolute atomic E-state index is 4.03. The van der Waals surface area contributed by atoms with E-state index in [2.05, 4.69) is 33.9 Å². The molecular formula is C8H16N4. The first-order chi connectivity index (χ1) is 5.88. The molecule has 0 saturated heterocycles. The molecule has 68 valence electrons. The number of rotatable bonds is 5. The van der Waals surface area contributed by atoms with E-state index in [9.17, 15) is 0 Å². The van der Waals surface area contributed by atoms with Crippen molar-refractivity contribution >= 4 is 0 Å². The standard InChI is InChI=1S/C8H16N4/c1-3-9-6-5-8-11-10-7-12(8)4-2/h7,9H,3-6H2,1-2H3. The van der Waals surface area contributed by atoms with Gasteiger partial charge in [-0.15, -0.1) is 10.2 Å². The second-order valence-corrected chi connectivity index (χ2v) is 2.64. The van der Waals surface area contributed by atoms with E-state index >= 15 is 0 Å². The summed E-state index contributed by atoms with van der Waals surface area (Å²) in [5.74, 6) is 1.07. The third-order valence-electron chi connectivity index (χ3n) is 1.81. The third-order valence-corrected chi connectivity index (χ3v) is 1.81. The number of aromatic nitrogens is 3. The largest absolute Gasteiger partial charge is 0.318 e. The first kappa shape index (κ1) is 9.19. The van der Waals surface area contributed by atoms with Gasteiger partial charge in [0.15, 0.2) is 0 Å². The van der Waals surface area contributed by atoms with Crippen LogP contribution in [0.3, 0.4) is 0 Å². The minimum Gasteiger partial charge on any atom is -0.318 e. The van der Waals surface area contributed by atoms with Gasteiger partial charge in [-0.25, -0.2) is 0 Å². The van der Waals surface area contributed by atoms with Crippen molar-refractivity contribution in [2.75, 3.05) is 13.1 Å². The van der Waals surface area contributed by atoms with E-state index in [4.69, 9.17) is 0 Å². The Morgan fingerprint density at radius 1 is 1.50 bits per heavy atom. The maximum atomic E-state index is 4.03. The second kappa shape index (κ2) is 4.87. The molecule has 12 heavy (non-hydrogen) atoms. The van der Waals surface area contributed by atoms with E-state index < -0.39 is 0 Å². The Morgan fingerprint density at radius 2 is 2.33 bits per heavy atom. The number of nitrogens with zero attached hydrogens (tertiary/aromatic N) is 3. The van der Waals surface area contributed by atoms with Gasteiger partial charge >= 0.3 is 0 Å². The SMILES string of the molecule is CCNCCc1nncn1CC. The number of hydrogen-bond acceptors (Lipinski definition) is 3. The summed E-state index contributed by atoms with van der Waals surface area (Å²) >= 11 is 0. The molecule has 0 atom stereocenters. The van der Waals surface area contributed by atoms with Gasteiger partial charge in [-0.3, -0.25) is 0 Å². The number of aryl methyl sites for hydroxylation is 1. The van der Waals surface area contributed by atoms with Crippen LogP contribution in [0.2, 0.25) is 0 Å². The lowest BCUT2D eigenvalue weighted by Crippen LogP contribution is -2.18. The highest BCUT2D eigenvalue weighted by molar-refractivity contribution is 4.85. The summed E-state index contributed by atoms with van der Waals surface area (Å²) in [4.78, 5) is 0. The molecule has 0 amide bonds. The lowest BCUT2D eigenvalue weighted by atomic mass is 10.4. The van der Waals surface area contributed by atoms with E-state index in [0.717, 1.165) is 31.9 Å². The molecule has 1 aromatic heterocycles. The maximum Gasteiger partial charge on any atom is 0.134 e. The fourth-order valence-corrected chi connectivity index (χ4v) is 1.11. The van der Waals surface area contributed by atoms with Crippen molar-refractivity contribution in [1.82, 2.24) is 20.1 Å². The van der Waals surface area contributed by atoms with E-state index in [-0.39, 0.29) is 0 Å². The fraction of sp³-hybridized carbons (Fsp3) is 0.750. The van der Waals surface area contributed by atoms with Crippen LogP contribution >= 0.6 is 0 Å². The number of hydrogen-bond donors (Lipinski definition) is 1. The number of nitrogens with one attached hydrogen (secondary N) is 1. The lowest BCUT2D eigenvalue weighted by molar-refractivity contribution is 0.646. The summed E-state index contributed by atoms with van der Waals surface area (Å²) in [5, 5.41) is 11.1. The molecule has 1 aromatic rings. The van der Waals surface area contributed by atoms with Crippen molar-refractivity contribution in [3.05, 3.63) is 12.2 Å². The van der Waals surface area contributed by atoms with E-state index in [1.165, 1.54) is 0 Å². The van der Waals surface area contributed by atoms with Gasteiger partial charge in [0.1, 0.15) is 12.2 Å². The molecule has 0 spiro atoms. The average molecular weight is 168 g/mol. The Hall–Kier alpha value is -0.900. The molecule has 0 bridgehead atoms. The summed E-state index contributed by atoms with van der Waals surface area (Å²) < 4.78 is 2.07. The lowest BCUT2D eigenvalue weighted by Gasteiger charge is -2.02. The first-order valence-electron chi connectivity index (χ1n) is 4.45. The van der Waals surface area contributed by atoms with Crippen LogP contribution in [0, 0.1) is 0 Å². The Labute approximate surface area is 73.0 Å². The summed E-state index contributed by atoms with van der Waals surface area (Å²) in [6.45, 7) is 7.15. The van der Waals surface area contributed by atoms with Gasteiger partial charge in [-0.2, -0.15) is 0 Å². The van der Waals surface area contributed by atoms with Gasteiger partial charge in [0.2, 0.25) is 0 Å². The molecule has 1 N–H and O–H groups in total. The molecule has 1 heterocycles. The Morgan fingerprint density at radius 3 is 3.00 bits per heavy atom. The van der Waals surface area contributed by atoms with Crippen molar-refractivity contribution in [2.24, 2.45) is 0 Å². The topological polar surface area (TPSA) is 42.7 Å². The molecule has 0 unspecified atom stereocenters. The highest BCUT2D eigenvalue weighted by Gasteiger charge is 2.00. The summed E-state index contributed by atoms with van der Waals surface area (Å²) in [5.41, 5.74) is 0. The predicted octanol–water partition coefficient (Wildman–Crippen LogP) is 0.450. The van der Waals surface area contributed by atoms with E-state index in [0.29, 0.717) is 0 Å². The minimum atomic E-state index is 0.953. The van der Waals surface area contributed by atoms with Gasteiger partial charge in [-0.1, -0.05) is 6.92 Å². The molecule has 4 heteroatoms. The second-order valence-electron chi connectivity index (χ2n) is 2.64. The van der Waals surface area contributed by atoms with E-state index in [1.807, 2.05) is 0 Å². The van der Waals surface area contributed by atoms with Gasteiger partial charge in [0.25, 0.3) is 0 Å².